The lowest BCUT2D eigenvalue weighted by Gasteiger charge is -2.29. The average Bonchev–Trinajstić information content (AvgIpc) is 3.03. The van der Waals surface area contributed by atoms with E-state index in [1.54, 1.807) is 11.4 Å². The van der Waals surface area contributed by atoms with Crippen LogP contribution in [0.5, 0.6) is 0 Å². The zero-order valence-electron chi connectivity index (χ0n) is 14.1. The molecule has 9 heteroatoms. The summed E-state index contributed by atoms with van der Waals surface area (Å²) < 4.78 is 5.07. The molecule has 136 valence electrons. The number of hydrogen-bond donors (Lipinski definition) is 0. The molecule has 2 heterocycles. The Balaban J connectivity index is 1.62. The summed E-state index contributed by atoms with van der Waals surface area (Å²) in [7, 11) is 0. The molecule has 0 radical (unpaired) electrons. The summed E-state index contributed by atoms with van der Waals surface area (Å²) in [6.07, 6.45) is 1.40. The van der Waals surface area contributed by atoms with E-state index in [0.29, 0.717) is 30.8 Å². The summed E-state index contributed by atoms with van der Waals surface area (Å²) in [5, 5.41) is 13.5. The Morgan fingerprint density at radius 2 is 2.23 bits per heavy atom. The molecular formula is C17H17N3O5S. The number of amides is 1. The number of anilines is 1. The van der Waals surface area contributed by atoms with Crippen LogP contribution < -0.4 is 4.90 Å². The fourth-order valence-electron chi connectivity index (χ4n) is 2.86. The topological polar surface area (TPSA) is 103 Å². The van der Waals surface area contributed by atoms with Crippen LogP contribution in [0.2, 0.25) is 0 Å². The third kappa shape index (κ3) is 4.05. The molecule has 0 unspecified atom stereocenters. The van der Waals surface area contributed by atoms with Gasteiger partial charge in [0.15, 0.2) is 6.61 Å². The number of nitro groups is 1. The van der Waals surface area contributed by atoms with Crippen LogP contribution in [0.3, 0.4) is 0 Å². The average molecular weight is 375 g/mol. The van der Waals surface area contributed by atoms with E-state index in [4.69, 9.17) is 4.74 Å². The van der Waals surface area contributed by atoms with Gasteiger partial charge in [-0.1, -0.05) is 0 Å². The van der Waals surface area contributed by atoms with Crippen LogP contribution in [0.4, 0.5) is 11.4 Å². The van der Waals surface area contributed by atoms with Crippen LogP contribution in [0.15, 0.2) is 23.6 Å². The minimum atomic E-state index is -0.510. The van der Waals surface area contributed by atoms with Crippen LogP contribution in [-0.4, -0.2) is 34.9 Å². The van der Waals surface area contributed by atoms with Gasteiger partial charge in [-0.3, -0.25) is 19.7 Å². The Kier molecular flexibility index (Phi) is 5.27. The molecule has 0 saturated carbocycles. The van der Waals surface area contributed by atoms with Gasteiger partial charge in [0.05, 0.1) is 22.0 Å². The Morgan fingerprint density at radius 1 is 1.42 bits per heavy atom. The fourth-order valence-corrected chi connectivity index (χ4v) is 3.48. The predicted molar refractivity (Wildman–Crippen MR) is 95.3 cm³/mol. The highest BCUT2D eigenvalue weighted by atomic mass is 32.1. The SMILES string of the molecule is Cc1nc(CC(=O)OCC(=O)N2CCCc3cc([N+](=O)[O-])ccc32)cs1. The van der Waals surface area contributed by atoms with Crippen molar-refractivity contribution in [2.45, 2.75) is 26.2 Å². The zero-order valence-corrected chi connectivity index (χ0v) is 15.0. The second kappa shape index (κ2) is 7.61. The van der Waals surface area contributed by atoms with Gasteiger partial charge in [-0.2, -0.15) is 0 Å². The monoisotopic (exact) mass is 375 g/mol. The van der Waals surface area contributed by atoms with E-state index in [9.17, 15) is 19.7 Å². The number of non-ortho nitro benzene ring substituents is 1. The lowest BCUT2D eigenvalue weighted by molar-refractivity contribution is -0.384. The molecule has 1 aromatic heterocycles. The lowest BCUT2D eigenvalue weighted by Crippen LogP contribution is -2.38. The van der Waals surface area contributed by atoms with Gasteiger partial charge in [-0.05, 0) is 31.4 Å². The lowest BCUT2D eigenvalue weighted by atomic mass is 10.0. The number of nitro benzene ring substituents is 1. The maximum absolute atomic E-state index is 12.4. The van der Waals surface area contributed by atoms with Crippen LogP contribution in [0.25, 0.3) is 0 Å². The van der Waals surface area contributed by atoms with Gasteiger partial charge in [0.2, 0.25) is 0 Å². The zero-order chi connectivity index (χ0) is 18.7. The highest BCUT2D eigenvalue weighted by Crippen LogP contribution is 2.30. The van der Waals surface area contributed by atoms with Crippen LogP contribution >= 0.6 is 11.3 Å². The van der Waals surface area contributed by atoms with Crippen molar-refractivity contribution < 1.29 is 19.2 Å². The summed E-state index contributed by atoms with van der Waals surface area (Å²) in [4.78, 5) is 40.5. The fraction of sp³-hybridized carbons (Fsp3) is 0.353. The van der Waals surface area contributed by atoms with E-state index in [-0.39, 0.29) is 24.6 Å². The number of carbonyl (C=O) groups excluding carboxylic acids is 2. The van der Waals surface area contributed by atoms with Crippen molar-refractivity contribution in [1.82, 2.24) is 4.98 Å². The molecular weight excluding hydrogens is 358 g/mol. The van der Waals surface area contributed by atoms with Crippen LogP contribution in [-0.2, 0) is 27.2 Å². The van der Waals surface area contributed by atoms with Gasteiger partial charge < -0.3 is 9.64 Å². The van der Waals surface area contributed by atoms with Crippen LogP contribution in [0, 0.1) is 17.0 Å². The van der Waals surface area contributed by atoms with Crippen LogP contribution in [0.1, 0.15) is 22.7 Å². The number of rotatable bonds is 5. The number of fused-ring (bicyclic) bond motifs is 1. The molecule has 0 spiro atoms. The summed E-state index contributed by atoms with van der Waals surface area (Å²) in [6.45, 7) is 1.98. The quantitative estimate of drug-likeness (QED) is 0.452. The van der Waals surface area contributed by atoms with Crippen molar-refractivity contribution in [2.24, 2.45) is 0 Å². The summed E-state index contributed by atoms with van der Waals surface area (Å²) >= 11 is 1.45. The van der Waals surface area contributed by atoms with Gasteiger partial charge in [0.25, 0.3) is 11.6 Å². The molecule has 0 fully saturated rings. The standard InChI is InChI=1S/C17H17N3O5S/c1-11-18-13(10-26-11)8-17(22)25-9-16(21)19-6-2-3-12-7-14(20(23)24)4-5-15(12)19/h4-5,7,10H,2-3,6,8-9H2,1H3. The molecule has 8 nitrogen and oxygen atoms in total. The smallest absolute Gasteiger partial charge is 0.312 e. The number of ether oxygens (including phenoxy) is 1. The molecule has 1 aliphatic rings. The predicted octanol–water partition coefficient (Wildman–Crippen LogP) is 2.42. The van der Waals surface area contributed by atoms with E-state index < -0.39 is 10.9 Å². The van der Waals surface area contributed by atoms with Crippen molar-refractivity contribution >= 4 is 34.6 Å². The number of esters is 1. The minimum Gasteiger partial charge on any atom is -0.455 e. The summed E-state index contributed by atoms with van der Waals surface area (Å²) in [6, 6.07) is 4.44. The molecule has 0 bridgehead atoms. The summed E-state index contributed by atoms with van der Waals surface area (Å²) in [5.74, 6) is -0.854. The molecule has 1 aliphatic heterocycles. The normalized spacial score (nSPS) is 13.2. The van der Waals surface area contributed by atoms with Crippen molar-refractivity contribution in [2.75, 3.05) is 18.1 Å². The number of thiazole rings is 1. The van der Waals surface area contributed by atoms with Crippen molar-refractivity contribution in [3.05, 3.63) is 50.0 Å². The third-order valence-electron chi connectivity index (χ3n) is 4.04. The third-order valence-corrected chi connectivity index (χ3v) is 4.86. The van der Waals surface area contributed by atoms with E-state index in [1.165, 1.54) is 28.4 Å². The number of aromatic nitrogens is 1. The first kappa shape index (κ1) is 18.0. The maximum Gasteiger partial charge on any atom is 0.312 e. The van der Waals surface area contributed by atoms with Gasteiger partial charge in [0.1, 0.15) is 0 Å². The minimum absolute atomic E-state index is 0.00281. The first-order valence-corrected chi connectivity index (χ1v) is 8.96. The largest absolute Gasteiger partial charge is 0.455 e. The number of benzene rings is 1. The highest BCUT2D eigenvalue weighted by Gasteiger charge is 2.25. The highest BCUT2D eigenvalue weighted by molar-refractivity contribution is 7.09. The van der Waals surface area contributed by atoms with E-state index >= 15 is 0 Å². The Morgan fingerprint density at radius 3 is 2.92 bits per heavy atom. The Hall–Kier alpha value is -2.81. The molecule has 0 aliphatic carbocycles. The number of aryl methyl sites for hydroxylation is 2. The molecule has 1 amide bonds. The molecule has 0 N–H and O–H groups in total. The second-order valence-corrected chi connectivity index (χ2v) is 6.98. The molecule has 2 aromatic rings. The van der Waals surface area contributed by atoms with E-state index in [1.807, 2.05) is 6.92 Å². The molecule has 3 rings (SSSR count). The summed E-state index contributed by atoms with van der Waals surface area (Å²) in [5.41, 5.74) is 2.02. The number of hydrogen-bond acceptors (Lipinski definition) is 7. The molecule has 0 atom stereocenters. The van der Waals surface area contributed by atoms with E-state index in [2.05, 4.69) is 4.98 Å². The molecule has 0 saturated heterocycles. The molecule has 1 aromatic carbocycles. The number of nitrogens with zero attached hydrogens (tertiary/aromatic N) is 3. The van der Waals surface area contributed by atoms with E-state index in [0.717, 1.165) is 10.6 Å². The van der Waals surface area contributed by atoms with Crippen molar-refractivity contribution in [1.29, 1.82) is 0 Å². The van der Waals surface area contributed by atoms with Gasteiger partial charge in [0, 0.05) is 29.7 Å². The molecule has 26 heavy (non-hydrogen) atoms. The Bertz CT molecular complexity index is 864. The van der Waals surface area contributed by atoms with Gasteiger partial charge >= 0.3 is 5.97 Å². The van der Waals surface area contributed by atoms with Crippen molar-refractivity contribution in [3.8, 4) is 0 Å². The first-order chi connectivity index (χ1) is 12.4. The second-order valence-electron chi connectivity index (χ2n) is 5.91. The van der Waals surface area contributed by atoms with Gasteiger partial charge in [-0.25, -0.2) is 4.98 Å². The Labute approximate surface area is 153 Å². The van der Waals surface area contributed by atoms with Gasteiger partial charge in [-0.15, -0.1) is 11.3 Å². The van der Waals surface area contributed by atoms with Crippen molar-refractivity contribution in [3.63, 3.8) is 0 Å². The number of carbonyl (C=O) groups is 2. The first-order valence-electron chi connectivity index (χ1n) is 8.08. The maximum atomic E-state index is 12.4.